The zero-order chi connectivity index (χ0) is 7.98. The maximum absolute atomic E-state index is 10.3. The molecule has 0 bridgehead atoms. The maximum Gasteiger partial charge on any atom is 0.338 e. The lowest BCUT2D eigenvalue weighted by Crippen LogP contribution is -2.10. The first-order valence-electron chi connectivity index (χ1n) is 2.21. The van der Waals surface area contributed by atoms with Crippen LogP contribution in [-0.2, 0) is 25.1 Å². The van der Waals surface area contributed by atoms with Crippen LogP contribution in [0.25, 0.3) is 0 Å². The van der Waals surface area contributed by atoms with Crippen LogP contribution >= 0.6 is 0 Å². The summed E-state index contributed by atoms with van der Waals surface area (Å²) in [5, 5.41) is 0. The van der Waals surface area contributed by atoms with E-state index in [2.05, 4.69) is 15.5 Å². The number of hydrogen-bond acceptors (Lipinski definition) is 4. The largest absolute Gasteiger partial charge is 0.433 e. The van der Waals surface area contributed by atoms with Gasteiger partial charge in [-0.1, -0.05) is 6.58 Å². The third kappa shape index (κ3) is 5.42. The van der Waals surface area contributed by atoms with E-state index in [1.54, 1.807) is 0 Å². The molecular formula is C4H6O5S. The van der Waals surface area contributed by atoms with E-state index < -0.39 is 23.9 Å². The standard InChI is InChI=1S/C4H6O5S/c1-2-8-4(5)3-9-10(6)7/h2H,1,3H2,(H,6,7). The molecule has 0 aromatic heterocycles. The summed E-state index contributed by atoms with van der Waals surface area (Å²) in [6.45, 7) is 2.53. The minimum Gasteiger partial charge on any atom is -0.433 e. The van der Waals surface area contributed by atoms with Gasteiger partial charge in [-0.2, -0.15) is 4.21 Å². The van der Waals surface area contributed by atoms with Gasteiger partial charge >= 0.3 is 17.3 Å². The normalized spacial score (nSPS) is 12.1. The Kier molecular flexibility index (Phi) is 4.73. The second-order valence-electron chi connectivity index (χ2n) is 1.14. The fourth-order valence-corrected chi connectivity index (χ4v) is 0.423. The SMILES string of the molecule is C=COC(=O)COS(=O)O. The topological polar surface area (TPSA) is 72.8 Å². The molecule has 0 saturated carbocycles. The van der Waals surface area contributed by atoms with E-state index in [1.165, 1.54) is 0 Å². The summed E-state index contributed by atoms with van der Waals surface area (Å²) in [7, 11) is 0. The van der Waals surface area contributed by atoms with Crippen molar-refractivity contribution in [1.29, 1.82) is 0 Å². The van der Waals surface area contributed by atoms with Gasteiger partial charge in [-0.3, -0.25) is 8.74 Å². The lowest BCUT2D eigenvalue weighted by molar-refractivity contribution is -0.140. The summed E-state index contributed by atoms with van der Waals surface area (Å²) < 4.78 is 25.9. The minimum absolute atomic E-state index is 0.560. The molecule has 0 saturated heterocycles. The Morgan fingerprint density at radius 2 is 2.40 bits per heavy atom. The number of carbonyl (C=O) groups is 1. The summed E-state index contributed by atoms with van der Waals surface area (Å²) in [6, 6.07) is 0. The number of carbonyl (C=O) groups excluding carboxylic acids is 1. The lowest BCUT2D eigenvalue weighted by Gasteiger charge is -1.95. The smallest absolute Gasteiger partial charge is 0.338 e. The van der Waals surface area contributed by atoms with Crippen LogP contribution in [0.4, 0.5) is 0 Å². The van der Waals surface area contributed by atoms with E-state index in [9.17, 15) is 9.00 Å². The van der Waals surface area contributed by atoms with Gasteiger partial charge in [0.05, 0.1) is 6.26 Å². The van der Waals surface area contributed by atoms with Crippen molar-refractivity contribution in [3.05, 3.63) is 12.8 Å². The van der Waals surface area contributed by atoms with Crippen LogP contribution in [-0.4, -0.2) is 21.3 Å². The van der Waals surface area contributed by atoms with Crippen LogP contribution in [0.5, 0.6) is 0 Å². The Hall–Kier alpha value is -0.720. The van der Waals surface area contributed by atoms with Crippen molar-refractivity contribution in [3.8, 4) is 0 Å². The first-order valence-corrected chi connectivity index (χ1v) is 3.24. The van der Waals surface area contributed by atoms with Crippen LogP contribution in [0.1, 0.15) is 0 Å². The second-order valence-corrected chi connectivity index (χ2v) is 1.81. The van der Waals surface area contributed by atoms with Gasteiger partial charge in [0.1, 0.15) is 0 Å². The van der Waals surface area contributed by atoms with Crippen LogP contribution in [0.3, 0.4) is 0 Å². The second kappa shape index (κ2) is 5.10. The van der Waals surface area contributed by atoms with E-state index >= 15 is 0 Å². The quantitative estimate of drug-likeness (QED) is 0.356. The van der Waals surface area contributed by atoms with Crippen LogP contribution in [0.2, 0.25) is 0 Å². The average Bonchev–Trinajstić information content (AvgIpc) is 1.85. The van der Waals surface area contributed by atoms with E-state index in [-0.39, 0.29) is 0 Å². The van der Waals surface area contributed by atoms with Gasteiger partial charge < -0.3 is 4.74 Å². The molecule has 0 spiro atoms. The highest BCUT2D eigenvalue weighted by molar-refractivity contribution is 7.74. The number of ether oxygens (including phenoxy) is 1. The summed E-state index contributed by atoms with van der Waals surface area (Å²) in [4.78, 5) is 10.3. The molecule has 0 aliphatic heterocycles. The molecular weight excluding hydrogens is 160 g/mol. The molecule has 10 heavy (non-hydrogen) atoms. The molecule has 6 heteroatoms. The van der Waals surface area contributed by atoms with E-state index in [1.807, 2.05) is 0 Å². The maximum atomic E-state index is 10.3. The summed E-state index contributed by atoms with van der Waals surface area (Å²) in [5.74, 6) is -0.766. The molecule has 0 aromatic rings. The predicted molar refractivity (Wildman–Crippen MR) is 33.0 cm³/mol. The summed E-state index contributed by atoms with van der Waals surface area (Å²) in [6.07, 6.45) is 0.909. The summed E-state index contributed by atoms with van der Waals surface area (Å²) in [5.41, 5.74) is 0. The van der Waals surface area contributed by atoms with Crippen molar-refractivity contribution in [2.45, 2.75) is 0 Å². The fourth-order valence-electron chi connectivity index (χ4n) is 0.225. The van der Waals surface area contributed by atoms with Gasteiger partial charge in [-0.05, 0) is 0 Å². The van der Waals surface area contributed by atoms with Crippen molar-refractivity contribution in [2.24, 2.45) is 0 Å². The fraction of sp³-hybridized carbons (Fsp3) is 0.250. The Balaban J connectivity index is 3.39. The molecule has 5 nitrogen and oxygen atoms in total. The van der Waals surface area contributed by atoms with Crippen LogP contribution in [0.15, 0.2) is 12.8 Å². The molecule has 0 radical (unpaired) electrons. The van der Waals surface area contributed by atoms with Gasteiger partial charge in [-0.25, -0.2) is 4.79 Å². The number of rotatable bonds is 4. The van der Waals surface area contributed by atoms with Crippen LogP contribution in [0, 0.1) is 0 Å². The minimum atomic E-state index is -2.42. The molecule has 1 N–H and O–H groups in total. The Morgan fingerprint density at radius 1 is 1.80 bits per heavy atom. The third-order valence-electron chi connectivity index (χ3n) is 0.492. The Bertz CT molecular complexity index is 154. The van der Waals surface area contributed by atoms with Crippen LogP contribution < -0.4 is 0 Å². The van der Waals surface area contributed by atoms with E-state index in [0.29, 0.717) is 0 Å². The average molecular weight is 166 g/mol. The molecule has 58 valence electrons. The molecule has 0 fully saturated rings. The molecule has 0 amide bonds. The van der Waals surface area contributed by atoms with Crippen molar-refractivity contribution in [1.82, 2.24) is 0 Å². The van der Waals surface area contributed by atoms with Crippen molar-refractivity contribution in [3.63, 3.8) is 0 Å². The van der Waals surface area contributed by atoms with Gasteiger partial charge in [-0.15, -0.1) is 0 Å². The molecule has 0 heterocycles. The first kappa shape index (κ1) is 9.28. The molecule has 1 atom stereocenters. The van der Waals surface area contributed by atoms with Crippen molar-refractivity contribution in [2.75, 3.05) is 6.61 Å². The summed E-state index contributed by atoms with van der Waals surface area (Å²) >= 11 is -2.42. The van der Waals surface area contributed by atoms with Crippen molar-refractivity contribution < 1.29 is 22.5 Å². The molecule has 1 unspecified atom stereocenters. The van der Waals surface area contributed by atoms with E-state index in [4.69, 9.17) is 4.55 Å². The third-order valence-corrected chi connectivity index (χ3v) is 0.812. The van der Waals surface area contributed by atoms with E-state index in [0.717, 1.165) is 6.26 Å². The number of esters is 1. The molecule has 0 rings (SSSR count). The molecule has 0 aliphatic rings. The van der Waals surface area contributed by atoms with Gasteiger partial charge in [0.25, 0.3) is 0 Å². The molecule has 0 aromatic carbocycles. The first-order chi connectivity index (χ1) is 4.66. The van der Waals surface area contributed by atoms with Gasteiger partial charge in [0, 0.05) is 0 Å². The predicted octanol–water partition coefficient (Wildman–Crippen LogP) is -0.174. The highest BCUT2D eigenvalue weighted by atomic mass is 32.2. The van der Waals surface area contributed by atoms with Gasteiger partial charge in [0.15, 0.2) is 6.61 Å². The zero-order valence-electron chi connectivity index (χ0n) is 4.98. The monoisotopic (exact) mass is 166 g/mol. The lowest BCUT2D eigenvalue weighted by atomic mass is 10.7. The zero-order valence-corrected chi connectivity index (χ0v) is 5.80. The van der Waals surface area contributed by atoms with Crippen molar-refractivity contribution >= 4 is 17.3 Å². The Labute approximate surface area is 60.1 Å². The molecule has 0 aliphatic carbocycles. The number of hydrogen-bond donors (Lipinski definition) is 1. The highest BCUT2D eigenvalue weighted by Crippen LogP contribution is 1.83. The van der Waals surface area contributed by atoms with Gasteiger partial charge in [0.2, 0.25) is 0 Å². The highest BCUT2D eigenvalue weighted by Gasteiger charge is 2.02. The Morgan fingerprint density at radius 3 is 2.80 bits per heavy atom.